The lowest BCUT2D eigenvalue weighted by molar-refractivity contribution is 0.246. The summed E-state index contributed by atoms with van der Waals surface area (Å²) in [4.78, 5) is 13.4. The molecule has 19 heavy (non-hydrogen) atoms. The molecule has 1 aromatic carbocycles. The Hall–Kier alpha value is -2.04. The van der Waals surface area contributed by atoms with Gasteiger partial charge >= 0.3 is 6.03 Å². The first-order valence-electron chi connectivity index (χ1n) is 6.41. The molecule has 5 nitrogen and oxygen atoms in total. The second-order valence-corrected chi connectivity index (χ2v) is 4.76. The van der Waals surface area contributed by atoms with Crippen LogP contribution in [0.4, 0.5) is 10.5 Å². The molecule has 0 radical (unpaired) electrons. The number of aryl methyl sites for hydroxylation is 2. The molecule has 5 heteroatoms. The quantitative estimate of drug-likeness (QED) is 0.577. The van der Waals surface area contributed by atoms with Crippen LogP contribution < -0.4 is 16.0 Å². The lowest BCUT2D eigenvalue weighted by atomic mass is 10.0. The third kappa shape index (κ3) is 3.47. The number of carbonyl (C=O) groups excluding carboxylic acids is 1. The Kier molecular flexibility index (Phi) is 4.92. The Morgan fingerprint density at radius 2 is 2.11 bits per heavy atom. The van der Waals surface area contributed by atoms with E-state index in [1.54, 1.807) is 0 Å². The first-order valence-corrected chi connectivity index (χ1v) is 6.41. The topological polar surface area (TPSA) is 82.2 Å². The highest BCUT2D eigenvalue weighted by Crippen LogP contribution is 2.25. The van der Waals surface area contributed by atoms with Crippen molar-refractivity contribution in [1.29, 1.82) is 5.41 Å². The summed E-state index contributed by atoms with van der Waals surface area (Å²) < 4.78 is 0. The number of urea groups is 1. The van der Waals surface area contributed by atoms with Crippen LogP contribution in [0.5, 0.6) is 0 Å². The van der Waals surface area contributed by atoms with E-state index in [0.717, 1.165) is 17.5 Å². The molecule has 0 saturated carbocycles. The number of nitrogens with zero attached hydrogens (tertiary/aromatic N) is 1. The monoisotopic (exact) mass is 262 g/mol. The second-order valence-electron chi connectivity index (χ2n) is 4.76. The zero-order valence-corrected chi connectivity index (χ0v) is 11.9. The fraction of sp³-hybridized carbons (Fsp3) is 0.429. The first kappa shape index (κ1) is 15.0. The van der Waals surface area contributed by atoms with Gasteiger partial charge < -0.3 is 11.1 Å². The molecule has 104 valence electrons. The molecular formula is C14H22N4O. The molecule has 1 rings (SSSR count). The summed E-state index contributed by atoms with van der Waals surface area (Å²) in [5.74, 6) is -0.276. The van der Waals surface area contributed by atoms with Gasteiger partial charge in [-0.1, -0.05) is 25.1 Å². The number of hydrogen-bond acceptors (Lipinski definition) is 2. The number of para-hydroxylation sites is 1. The van der Waals surface area contributed by atoms with E-state index in [0.29, 0.717) is 5.69 Å². The van der Waals surface area contributed by atoms with Gasteiger partial charge in [-0.3, -0.25) is 5.41 Å². The Labute approximate surface area is 114 Å². The van der Waals surface area contributed by atoms with Crippen LogP contribution in [0.25, 0.3) is 0 Å². The van der Waals surface area contributed by atoms with Gasteiger partial charge in [0.05, 0.1) is 5.69 Å². The fourth-order valence-electron chi connectivity index (χ4n) is 1.97. The van der Waals surface area contributed by atoms with Gasteiger partial charge in [-0.25, -0.2) is 9.69 Å². The van der Waals surface area contributed by atoms with Crippen molar-refractivity contribution in [2.45, 2.75) is 40.2 Å². The van der Waals surface area contributed by atoms with Crippen LogP contribution in [0.3, 0.4) is 0 Å². The molecule has 0 aliphatic heterocycles. The van der Waals surface area contributed by atoms with Gasteiger partial charge in [-0.2, -0.15) is 0 Å². The molecule has 2 amide bonds. The number of hydrogen-bond donors (Lipinski definition) is 3. The van der Waals surface area contributed by atoms with Crippen LogP contribution in [0, 0.1) is 12.3 Å². The molecule has 4 N–H and O–H groups in total. The first-order chi connectivity index (χ1) is 8.88. The molecule has 0 spiro atoms. The molecule has 0 saturated heterocycles. The number of benzene rings is 1. The Morgan fingerprint density at radius 3 is 2.58 bits per heavy atom. The summed E-state index contributed by atoms with van der Waals surface area (Å²) in [6.07, 6.45) is 0.774. The van der Waals surface area contributed by atoms with Gasteiger partial charge in [0.1, 0.15) is 0 Å². The molecule has 0 unspecified atom stereocenters. The number of amides is 2. The molecule has 1 aromatic rings. The van der Waals surface area contributed by atoms with Crippen molar-refractivity contribution < 1.29 is 4.79 Å². The summed E-state index contributed by atoms with van der Waals surface area (Å²) in [5.41, 5.74) is 8.21. The summed E-state index contributed by atoms with van der Waals surface area (Å²) >= 11 is 0. The highest BCUT2D eigenvalue weighted by molar-refractivity contribution is 6.14. The SMILES string of the molecule is CCc1cccc(C)c1N(C(=N)N)C(=O)NC(C)C. The van der Waals surface area contributed by atoms with Crippen LogP contribution >= 0.6 is 0 Å². The minimum absolute atomic E-state index is 0.0107. The lowest BCUT2D eigenvalue weighted by Crippen LogP contribution is -2.49. The molecule has 0 bridgehead atoms. The summed E-state index contributed by atoms with van der Waals surface area (Å²) in [5, 5.41) is 10.4. The number of nitrogens with one attached hydrogen (secondary N) is 2. The Balaban J connectivity index is 3.27. The van der Waals surface area contributed by atoms with Gasteiger partial charge in [0.25, 0.3) is 0 Å². The fourth-order valence-corrected chi connectivity index (χ4v) is 1.97. The number of anilines is 1. The Morgan fingerprint density at radius 1 is 1.47 bits per heavy atom. The largest absolute Gasteiger partial charge is 0.369 e. The van der Waals surface area contributed by atoms with Crippen LogP contribution in [0.1, 0.15) is 31.9 Å². The van der Waals surface area contributed by atoms with Gasteiger partial charge in [0, 0.05) is 6.04 Å². The maximum atomic E-state index is 12.2. The average Bonchev–Trinajstić information content (AvgIpc) is 2.30. The maximum Gasteiger partial charge on any atom is 0.329 e. The molecule has 0 fully saturated rings. The van der Waals surface area contributed by atoms with Crippen molar-refractivity contribution >= 4 is 17.7 Å². The van der Waals surface area contributed by atoms with Gasteiger partial charge in [0.2, 0.25) is 5.96 Å². The molecule has 0 aliphatic rings. The zero-order chi connectivity index (χ0) is 14.6. The summed E-state index contributed by atoms with van der Waals surface area (Å²) in [6, 6.07) is 5.42. The van der Waals surface area contributed by atoms with Gasteiger partial charge in [0.15, 0.2) is 0 Å². The summed E-state index contributed by atoms with van der Waals surface area (Å²) in [7, 11) is 0. The summed E-state index contributed by atoms with van der Waals surface area (Å²) in [6.45, 7) is 7.66. The number of nitrogens with two attached hydrogens (primary N) is 1. The van der Waals surface area contributed by atoms with E-state index in [-0.39, 0.29) is 18.0 Å². The van der Waals surface area contributed by atoms with E-state index in [1.165, 1.54) is 4.90 Å². The van der Waals surface area contributed by atoms with Crippen molar-refractivity contribution in [2.24, 2.45) is 5.73 Å². The highest BCUT2D eigenvalue weighted by atomic mass is 16.2. The predicted octanol–water partition coefficient (Wildman–Crippen LogP) is 2.38. The normalized spacial score (nSPS) is 10.4. The van der Waals surface area contributed by atoms with Crippen molar-refractivity contribution in [2.75, 3.05) is 4.90 Å². The van der Waals surface area contributed by atoms with E-state index in [4.69, 9.17) is 11.1 Å². The second kappa shape index (κ2) is 6.22. The molecule has 0 atom stereocenters. The smallest absolute Gasteiger partial charge is 0.329 e. The Bertz CT molecular complexity index is 482. The number of carbonyl (C=O) groups is 1. The molecule has 0 aromatic heterocycles. The van der Waals surface area contributed by atoms with Gasteiger partial charge in [-0.05, 0) is 38.3 Å². The minimum Gasteiger partial charge on any atom is -0.369 e. The number of rotatable bonds is 3. The third-order valence-corrected chi connectivity index (χ3v) is 2.78. The molecule has 0 aliphatic carbocycles. The van der Waals surface area contributed by atoms with Crippen LogP contribution in [-0.2, 0) is 6.42 Å². The van der Waals surface area contributed by atoms with Crippen molar-refractivity contribution in [3.05, 3.63) is 29.3 Å². The highest BCUT2D eigenvalue weighted by Gasteiger charge is 2.23. The van der Waals surface area contributed by atoms with E-state index in [9.17, 15) is 4.79 Å². The maximum absolute atomic E-state index is 12.2. The van der Waals surface area contributed by atoms with E-state index in [2.05, 4.69) is 5.32 Å². The standard InChI is InChI=1S/C14H22N4O/c1-5-11-8-6-7-10(4)12(11)18(13(15)16)14(19)17-9(2)3/h6-9H,5H2,1-4H3,(H3,15,16)(H,17,19). The molecule has 0 heterocycles. The van der Waals surface area contributed by atoms with Crippen LogP contribution in [-0.4, -0.2) is 18.0 Å². The van der Waals surface area contributed by atoms with E-state index in [1.807, 2.05) is 45.9 Å². The van der Waals surface area contributed by atoms with Crippen LogP contribution in [0.2, 0.25) is 0 Å². The minimum atomic E-state index is -0.369. The third-order valence-electron chi connectivity index (χ3n) is 2.78. The van der Waals surface area contributed by atoms with Crippen molar-refractivity contribution in [3.8, 4) is 0 Å². The van der Waals surface area contributed by atoms with E-state index < -0.39 is 0 Å². The van der Waals surface area contributed by atoms with Crippen LogP contribution in [0.15, 0.2) is 18.2 Å². The predicted molar refractivity (Wildman–Crippen MR) is 78.6 cm³/mol. The lowest BCUT2D eigenvalue weighted by Gasteiger charge is -2.26. The number of guanidine groups is 1. The average molecular weight is 262 g/mol. The molecular weight excluding hydrogens is 240 g/mol. The van der Waals surface area contributed by atoms with Crippen molar-refractivity contribution in [3.63, 3.8) is 0 Å². The zero-order valence-electron chi connectivity index (χ0n) is 11.9. The van der Waals surface area contributed by atoms with Crippen molar-refractivity contribution in [1.82, 2.24) is 5.32 Å². The van der Waals surface area contributed by atoms with E-state index >= 15 is 0 Å². The van der Waals surface area contributed by atoms with Gasteiger partial charge in [-0.15, -0.1) is 0 Å².